The minimum absolute atomic E-state index is 0.121. The Morgan fingerprint density at radius 1 is 1.21 bits per heavy atom. The molecule has 6 nitrogen and oxygen atoms in total. The van der Waals surface area contributed by atoms with Gasteiger partial charge < -0.3 is 14.6 Å². The van der Waals surface area contributed by atoms with E-state index < -0.39 is 0 Å². The van der Waals surface area contributed by atoms with Crippen LogP contribution in [0.3, 0.4) is 0 Å². The predicted molar refractivity (Wildman–Crippen MR) is 107 cm³/mol. The average molecular weight is 375 g/mol. The molecule has 6 heteroatoms. The summed E-state index contributed by atoms with van der Waals surface area (Å²) in [6.45, 7) is 2.27. The number of ether oxygens (including phenoxy) is 1. The van der Waals surface area contributed by atoms with Crippen LogP contribution >= 0.6 is 0 Å². The van der Waals surface area contributed by atoms with Crippen molar-refractivity contribution in [1.82, 2.24) is 9.97 Å². The molecule has 1 fully saturated rings. The van der Waals surface area contributed by atoms with E-state index in [2.05, 4.69) is 16.0 Å². The minimum atomic E-state index is 0.121. The number of aromatic amines is 1. The number of nitrogens with one attached hydrogen (secondary N) is 1. The number of H-pyrrole nitrogens is 1. The standard InChI is InChI=1S/C22H21N3O3/c26-13-17-11-23-19-2-1-15(7-18(17)19)16-8-21-20(24-10-16)9-22(27)25(21)12-14-3-5-28-6-4-14/h1-2,7-8,10-11,13-14,23H,3-6,9,12H2. The van der Waals surface area contributed by atoms with E-state index in [-0.39, 0.29) is 5.91 Å². The van der Waals surface area contributed by atoms with E-state index in [0.29, 0.717) is 17.9 Å². The Balaban J connectivity index is 1.50. The summed E-state index contributed by atoms with van der Waals surface area (Å²) in [5.74, 6) is 0.592. The largest absolute Gasteiger partial charge is 0.381 e. The van der Waals surface area contributed by atoms with Gasteiger partial charge in [-0.25, -0.2) is 0 Å². The average Bonchev–Trinajstić information content (AvgIpc) is 3.28. The van der Waals surface area contributed by atoms with Crippen LogP contribution in [0.25, 0.3) is 22.0 Å². The highest BCUT2D eigenvalue weighted by molar-refractivity contribution is 6.02. The van der Waals surface area contributed by atoms with E-state index in [0.717, 1.165) is 72.3 Å². The number of pyridine rings is 1. The number of hydrogen-bond acceptors (Lipinski definition) is 4. The summed E-state index contributed by atoms with van der Waals surface area (Å²) in [5, 5.41) is 0.892. The lowest BCUT2D eigenvalue weighted by Gasteiger charge is -2.27. The zero-order chi connectivity index (χ0) is 19.1. The van der Waals surface area contributed by atoms with Crippen LogP contribution in [0.1, 0.15) is 28.9 Å². The number of aldehydes is 1. The molecule has 2 aliphatic rings. The first-order valence-electron chi connectivity index (χ1n) is 9.66. The summed E-state index contributed by atoms with van der Waals surface area (Å²) in [5.41, 5.74) is 5.26. The Morgan fingerprint density at radius 2 is 2.07 bits per heavy atom. The van der Waals surface area contributed by atoms with E-state index in [4.69, 9.17) is 4.74 Å². The van der Waals surface area contributed by atoms with Crippen molar-refractivity contribution in [1.29, 1.82) is 0 Å². The quantitative estimate of drug-likeness (QED) is 0.710. The van der Waals surface area contributed by atoms with E-state index in [1.165, 1.54) is 0 Å². The summed E-state index contributed by atoms with van der Waals surface area (Å²) < 4.78 is 5.44. The van der Waals surface area contributed by atoms with Crippen molar-refractivity contribution in [2.75, 3.05) is 24.7 Å². The molecule has 5 rings (SSSR count). The summed E-state index contributed by atoms with van der Waals surface area (Å²) in [6, 6.07) is 8.03. The molecule has 0 bridgehead atoms. The van der Waals surface area contributed by atoms with Crippen LogP contribution < -0.4 is 4.90 Å². The third-order valence-corrected chi connectivity index (χ3v) is 5.81. The molecule has 1 saturated heterocycles. The number of anilines is 1. The Morgan fingerprint density at radius 3 is 2.89 bits per heavy atom. The Hall–Kier alpha value is -2.99. The van der Waals surface area contributed by atoms with Crippen LogP contribution in [0.2, 0.25) is 0 Å². The van der Waals surface area contributed by atoms with E-state index in [1.807, 2.05) is 29.3 Å². The first kappa shape index (κ1) is 17.1. The topological polar surface area (TPSA) is 75.3 Å². The monoisotopic (exact) mass is 375 g/mol. The lowest BCUT2D eigenvalue weighted by atomic mass is 9.99. The smallest absolute Gasteiger partial charge is 0.233 e. The molecule has 0 radical (unpaired) electrons. The molecule has 3 aromatic rings. The number of aromatic nitrogens is 2. The first-order chi connectivity index (χ1) is 13.7. The zero-order valence-corrected chi connectivity index (χ0v) is 15.5. The number of rotatable bonds is 4. The lowest BCUT2D eigenvalue weighted by Crippen LogP contribution is -2.34. The van der Waals surface area contributed by atoms with Crippen molar-refractivity contribution in [3.63, 3.8) is 0 Å². The maximum atomic E-state index is 12.6. The second kappa shape index (κ2) is 6.87. The van der Waals surface area contributed by atoms with Crippen LogP contribution in [-0.2, 0) is 16.0 Å². The molecule has 1 amide bonds. The van der Waals surface area contributed by atoms with Crippen LogP contribution in [-0.4, -0.2) is 41.9 Å². The molecule has 4 heterocycles. The number of nitrogens with zero attached hydrogens (tertiary/aromatic N) is 2. The summed E-state index contributed by atoms with van der Waals surface area (Å²) in [4.78, 5) is 33.4. The lowest BCUT2D eigenvalue weighted by molar-refractivity contribution is -0.117. The Labute approximate surface area is 162 Å². The second-order valence-corrected chi connectivity index (χ2v) is 7.55. The van der Waals surface area contributed by atoms with E-state index in [9.17, 15) is 9.59 Å². The normalized spacial score (nSPS) is 17.3. The third kappa shape index (κ3) is 2.90. The summed E-state index contributed by atoms with van der Waals surface area (Å²) >= 11 is 0. The summed E-state index contributed by atoms with van der Waals surface area (Å²) in [7, 11) is 0. The highest BCUT2D eigenvalue weighted by Crippen LogP contribution is 2.34. The molecule has 1 N–H and O–H groups in total. The third-order valence-electron chi connectivity index (χ3n) is 5.81. The van der Waals surface area contributed by atoms with Gasteiger partial charge in [-0.15, -0.1) is 0 Å². The SMILES string of the molecule is O=Cc1c[nH]c2ccc(-c3cnc4c(c3)N(CC3CCOCC3)C(=O)C4)cc12. The molecule has 2 aromatic heterocycles. The first-order valence-corrected chi connectivity index (χ1v) is 9.66. The number of carbonyl (C=O) groups excluding carboxylic acids is 2. The van der Waals surface area contributed by atoms with Crippen molar-refractivity contribution >= 4 is 28.8 Å². The molecular formula is C22H21N3O3. The maximum absolute atomic E-state index is 12.6. The van der Waals surface area contributed by atoms with Gasteiger partial charge in [0.2, 0.25) is 5.91 Å². The minimum Gasteiger partial charge on any atom is -0.381 e. The number of hydrogen-bond donors (Lipinski definition) is 1. The molecule has 0 atom stereocenters. The van der Waals surface area contributed by atoms with Gasteiger partial charge in [-0.2, -0.15) is 0 Å². The maximum Gasteiger partial charge on any atom is 0.233 e. The highest BCUT2D eigenvalue weighted by atomic mass is 16.5. The summed E-state index contributed by atoms with van der Waals surface area (Å²) in [6.07, 6.45) is 6.74. The second-order valence-electron chi connectivity index (χ2n) is 7.55. The van der Waals surface area contributed by atoms with Crippen molar-refractivity contribution in [2.24, 2.45) is 5.92 Å². The van der Waals surface area contributed by atoms with Crippen molar-refractivity contribution < 1.29 is 14.3 Å². The molecule has 142 valence electrons. The number of benzene rings is 1. The number of fused-ring (bicyclic) bond motifs is 2. The molecular weight excluding hydrogens is 354 g/mol. The molecule has 1 aromatic carbocycles. The van der Waals surface area contributed by atoms with Crippen molar-refractivity contribution in [2.45, 2.75) is 19.3 Å². The molecule has 28 heavy (non-hydrogen) atoms. The molecule has 0 unspecified atom stereocenters. The van der Waals surface area contributed by atoms with Gasteiger partial charge in [0.1, 0.15) is 0 Å². The molecule has 0 aliphatic carbocycles. The Bertz CT molecular complexity index is 1070. The number of amides is 1. The predicted octanol–water partition coefficient (Wildman–Crippen LogP) is 3.36. The molecule has 2 aliphatic heterocycles. The van der Waals surface area contributed by atoms with Gasteiger partial charge >= 0.3 is 0 Å². The fourth-order valence-electron chi connectivity index (χ4n) is 4.19. The van der Waals surface area contributed by atoms with Gasteiger partial charge in [0, 0.05) is 54.2 Å². The molecule has 0 spiro atoms. The fourth-order valence-corrected chi connectivity index (χ4v) is 4.19. The molecule has 0 saturated carbocycles. The zero-order valence-electron chi connectivity index (χ0n) is 15.5. The van der Waals surface area contributed by atoms with Crippen molar-refractivity contribution in [3.05, 3.63) is 47.9 Å². The van der Waals surface area contributed by atoms with Crippen LogP contribution in [0.5, 0.6) is 0 Å². The van der Waals surface area contributed by atoms with Crippen LogP contribution in [0, 0.1) is 5.92 Å². The van der Waals surface area contributed by atoms with Gasteiger partial charge in [0.25, 0.3) is 0 Å². The number of carbonyl (C=O) groups is 2. The van der Waals surface area contributed by atoms with Gasteiger partial charge in [0.15, 0.2) is 6.29 Å². The van der Waals surface area contributed by atoms with Gasteiger partial charge in [-0.1, -0.05) is 6.07 Å². The van der Waals surface area contributed by atoms with Crippen molar-refractivity contribution in [3.8, 4) is 11.1 Å². The van der Waals surface area contributed by atoms with E-state index in [1.54, 1.807) is 6.20 Å². The van der Waals surface area contributed by atoms with Gasteiger partial charge in [-0.3, -0.25) is 14.6 Å². The Kier molecular flexibility index (Phi) is 4.20. The van der Waals surface area contributed by atoms with Gasteiger partial charge in [-0.05, 0) is 42.5 Å². The van der Waals surface area contributed by atoms with Crippen LogP contribution in [0.15, 0.2) is 36.7 Å². The van der Waals surface area contributed by atoms with Gasteiger partial charge in [0.05, 0.1) is 17.8 Å². The van der Waals surface area contributed by atoms with E-state index >= 15 is 0 Å². The highest BCUT2D eigenvalue weighted by Gasteiger charge is 2.31. The van der Waals surface area contributed by atoms with Crippen LogP contribution in [0.4, 0.5) is 5.69 Å². The fraction of sp³-hybridized carbons (Fsp3) is 0.318.